The van der Waals surface area contributed by atoms with Crippen LogP contribution >= 0.6 is 31.9 Å². The molecule has 1 aromatic heterocycles. The molecule has 0 fully saturated rings. The number of rotatable bonds is 2. The molecule has 18 heavy (non-hydrogen) atoms. The molecule has 1 amide bonds. The van der Waals surface area contributed by atoms with Gasteiger partial charge in [-0.05, 0) is 52.7 Å². The Morgan fingerprint density at radius 3 is 2.72 bits per heavy atom. The fourth-order valence-corrected chi connectivity index (χ4v) is 2.69. The lowest BCUT2D eigenvalue weighted by Gasteiger charge is -2.08. The molecule has 0 unspecified atom stereocenters. The molecule has 92 valence electrons. The highest BCUT2D eigenvalue weighted by Gasteiger charge is 2.11. The van der Waals surface area contributed by atoms with Gasteiger partial charge in [0.15, 0.2) is 0 Å². The summed E-state index contributed by atoms with van der Waals surface area (Å²) in [7, 11) is 0. The number of pyridine rings is 1. The van der Waals surface area contributed by atoms with Gasteiger partial charge < -0.3 is 5.32 Å². The van der Waals surface area contributed by atoms with Crippen molar-refractivity contribution in [3.8, 4) is 0 Å². The van der Waals surface area contributed by atoms with Gasteiger partial charge >= 0.3 is 0 Å². The molecule has 1 heterocycles. The van der Waals surface area contributed by atoms with E-state index in [1.165, 1.54) is 0 Å². The maximum atomic E-state index is 12.1. The second-order valence-corrected chi connectivity index (χ2v) is 5.52. The van der Waals surface area contributed by atoms with Crippen LogP contribution in [0.2, 0.25) is 0 Å². The summed E-state index contributed by atoms with van der Waals surface area (Å²) >= 11 is 6.72. The molecule has 0 spiro atoms. The van der Waals surface area contributed by atoms with Crippen LogP contribution in [0.5, 0.6) is 0 Å². The average Bonchev–Trinajstić information content (AvgIpc) is 2.32. The van der Waals surface area contributed by atoms with Crippen LogP contribution < -0.4 is 5.32 Å². The number of hydrogen-bond acceptors (Lipinski definition) is 2. The minimum Gasteiger partial charge on any atom is -0.306 e. The molecule has 1 aromatic carbocycles. The van der Waals surface area contributed by atoms with Gasteiger partial charge in [-0.3, -0.25) is 4.79 Å². The molecule has 2 rings (SSSR count). The van der Waals surface area contributed by atoms with E-state index in [1.54, 1.807) is 12.3 Å². The number of anilines is 1. The number of carbonyl (C=O) groups excluding carboxylic acids is 1. The van der Waals surface area contributed by atoms with Gasteiger partial charge in [-0.1, -0.05) is 22.0 Å². The molecule has 0 atom stereocenters. The van der Waals surface area contributed by atoms with E-state index in [9.17, 15) is 4.79 Å². The van der Waals surface area contributed by atoms with Gasteiger partial charge in [-0.15, -0.1) is 0 Å². The smallest absolute Gasteiger partial charge is 0.257 e. The maximum absolute atomic E-state index is 12.1. The Morgan fingerprint density at radius 2 is 2.06 bits per heavy atom. The molecule has 3 nitrogen and oxygen atoms in total. The summed E-state index contributed by atoms with van der Waals surface area (Å²) in [6, 6.07) is 9.15. The van der Waals surface area contributed by atoms with E-state index in [4.69, 9.17) is 0 Å². The predicted molar refractivity (Wildman–Crippen MR) is 78.8 cm³/mol. The highest BCUT2D eigenvalue weighted by Crippen LogP contribution is 2.23. The van der Waals surface area contributed by atoms with E-state index < -0.39 is 0 Å². The van der Waals surface area contributed by atoms with E-state index in [0.717, 1.165) is 14.5 Å². The number of halogens is 2. The van der Waals surface area contributed by atoms with Crippen LogP contribution in [-0.2, 0) is 0 Å². The topological polar surface area (TPSA) is 42.0 Å². The van der Waals surface area contributed by atoms with Gasteiger partial charge in [0.2, 0.25) is 0 Å². The zero-order valence-corrected chi connectivity index (χ0v) is 12.7. The van der Waals surface area contributed by atoms with Gasteiger partial charge in [0.25, 0.3) is 5.91 Å². The number of nitrogens with one attached hydrogen (secondary N) is 1. The molecule has 2 aromatic rings. The van der Waals surface area contributed by atoms with Gasteiger partial charge in [0.1, 0.15) is 5.82 Å². The van der Waals surface area contributed by atoms with Crippen LogP contribution in [0.1, 0.15) is 15.9 Å². The summed E-state index contributed by atoms with van der Waals surface area (Å²) in [6.45, 7) is 1.90. The first-order valence-electron chi connectivity index (χ1n) is 5.26. The summed E-state index contributed by atoms with van der Waals surface area (Å²) < 4.78 is 1.66. The number of benzene rings is 1. The molecule has 0 aliphatic carbocycles. The third-order valence-electron chi connectivity index (χ3n) is 2.42. The zero-order chi connectivity index (χ0) is 13.1. The molecular weight excluding hydrogens is 360 g/mol. The van der Waals surface area contributed by atoms with Crippen molar-refractivity contribution in [3.63, 3.8) is 0 Å². The quantitative estimate of drug-likeness (QED) is 0.863. The van der Waals surface area contributed by atoms with Crippen molar-refractivity contribution in [2.24, 2.45) is 0 Å². The SMILES string of the molecule is Cc1cccnc1NC(=O)c1ccc(Br)cc1Br. The first-order valence-corrected chi connectivity index (χ1v) is 6.84. The number of aryl methyl sites for hydroxylation is 1. The minimum absolute atomic E-state index is 0.184. The van der Waals surface area contributed by atoms with Crippen molar-refractivity contribution in [3.05, 3.63) is 56.6 Å². The number of aromatic nitrogens is 1. The van der Waals surface area contributed by atoms with Crippen molar-refractivity contribution in [1.29, 1.82) is 0 Å². The molecule has 0 aliphatic heterocycles. The first-order chi connectivity index (χ1) is 8.58. The average molecular weight is 370 g/mol. The molecule has 0 aliphatic rings. The van der Waals surface area contributed by atoms with Gasteiger partial charge in [-0.2, -0.15) is 0 Å². The Hall–Kier alpha value is -1.20. The fraction of sp³-hybridized carbons (Fsp3) is 0.0769. The summed E-state index contributed by atoms with van der Waals surface area (Å²) in [5, 5.41) is 2.79. The van der Waals surface area contributed by atoms with Crippen LogP contribution in [0.25, 0.3) is 0 Å². The van der Waals surface area contributed by atoms with Crippen molar-refractivity contribution in [2.45, 2.75) is 6.92 Å². The maximum Gasteiger partial charge on any atom is 0.257 e. The summed E-state index contributed by atoms with van der Waals surface area (Å²) in [5.41, 5.74) is 1.50. The van der Waals surface area contributed by atoms with E-state index in [2.05, 4.69) is 42.2 Å². The molecule has 0 saturated heterocycles. The van der Waals surface area contributed by atoms with Crippen molar-refractivity contribution in [1.82, 2.24) is 4.98 Å². The molecule has 5 heteroatoms. The predicted octanol–water partition coefficient (Wildman–Crippen LogP) is 4.17. The van der Waals surface area contributed by atoms with E-state index in [-0.39, 0.29) is 5.91 Å². The lowest BCUT2D eigenvalue weighted by atomic mass is 10.2. The third kappa shape index (κ3) is 2.97. The Morgan fingerprint density at radius 1 is 1.28 bits per heavy atom. The standard InChI is InChI=1S/C13H10Br2N2O/c1-8-3-2-6-16-12(8)17-13(18)10-5-4-9(14)7-11(10)15/h2-7H,1H3,(H,16,17,18). The second kappa shape index (κ2) is 5.63. The van der Waals surface area contributed by atoms with Gasteiger partial charge in [-0.25, -0.2) is 4.98 Å². The lowest BCUT2D eigenvalue weighted by molar-refractivity contribution is 0.102. The van der Waals surface area contributed by atoms with Crippen molar-refractivity contribution >= 4 is 43.6 Å². The molecule has 1 N–H and O–H groups in total. The highest BCUT2D eigenvalue weighted by atomic mass is 79.9. The Kier molecular flexibility index (Phi) is 4.14. The van der Waals surface area contributed by atoms with Gasteiger partial charge in [0, 0.05) is 15.1 Å². The number of nitrogens with zero attached hydrogens (tertiary/aromatic N) is 1. The Bertz CT molecular complexity index is 599. The Balaban J connectivity index is 2.25. The number of carbonyl (C=O) groups is 1. The van der Waals surface area contributed by atoms with E-state index in [1.807, 2.05) is 31.2 Å². The Labute approximate surface area is 122 Å². The summed E-state index contributed by atoms with van der Waals surface area (Å²) in [5.74, 6) is 0.397. The fourth-order valence-electron chi connectivity index (χ4n) is 1.47. The van der Waals surface area contributed by atoms with Crippen LogP contribution in [0.15, 0.2) is 45.5 Å². The highest BCUT2D eigenvalue weighted by molar-refractivity contribution is 9.11. The number of amides is 1. The van der Waals surface area contributed by atoms with Crippen molar-refractivity contribution in [2.75, 3.05) is 5.32 Å². The summed E-state index contributed by atoms with van der Waals surface area (Å²) in [4.78, 5) is 16.2. The molecule has 0 bridgehead atoms. The van der Waals surface area contributed by atoms with Crippen LogP contribution in [0.4, 0.5) is 5.82 Å². The van der Waals surface area contributed by atoms with Crippen LogP contribution in [-0.4, -0.2) is 10.9 Å². The molecule has 0 radical (unpaired) electrons. The zero-order valence-electron chi connectivity index (χ0n) is 9.58. The van der Waals surface area contributed by atoms with Crippen LogP contribution in [0.3, 0.4) is 0 Å². The van der Waals surface area contributed by atoms with Crippen LogP contribution in [0, 0.1) is 6.92 Å². The normalized spacial score (nSPS) is 10.2. The molecular formula is C13H10Br2N2O. The largest absolute Gasteiger partial charge is 0.306 e. The number of hydrogen-bond donors (Lipinski definition) is 1. The lowest BCUT2D eigenvalue weighted by Crippen LogP contribution is -2.14. The summed E-state index contributed by atoms with van der Waals surface area (Å²) in [6.07, 6.45) is 1.65. The monoisotopic (exact) mass is 368 g/mol. The molecule has 0 saturated carbocycles. The first kappa shape index (κ1) is 13.2. The third-order valence-corrected chi connectivity index (χ3v) is 3.57. The minimum atomic E-state index is -0.184. The van der Waals surface area contributed by atoms with Gasteiger partial charge in [0.05, 0.1) is 5.56 Å². The van der Waals surface area contributed by atoms with E-state index in [0.29, 0.717) is 11.4 Å². The van der Waals surface area contributed by atoms with E-state index >= 15 is 0 Å². The van der Waals surface area contributed by atoms with Crippen molar-refractivity contribution < 1.29 is 4.79 Å². The second-order valence-electron chi connectivity index (χ2n) is 3.75.